The number of hydrogen-bond acceptors (Lipinski definition) is 2. The number of nitrogens with zero attached hydrogens (tertiary/aromatic N) is 1. The molecule has 1 heterocycles. The van der Waals surface area contributed by atoms with Gasteiger partial charge in [-0.1, -0.05) is 19.9 Å². The van der Waals surface area contributed by atoms with Gasteiger partial charge in [-0.3, -0.25) is 9.59 Å². The van der Waals surface area contributed by atoms with Gasteiger partial charge in [0.25, 0.3) is 11.8 Å². The van der Waals surface area contributed by atoms with Gasteiger partial charge in [-0.15, -0.1) is 0 Å². The van der Waals surface area contributed by atoms with Crippen molar-refractivity contribution in [1.29, 1.82) is 0 Å². The lowest BCUT2D eigenvalue weighted by molar-refractivity contribution is 0.0793. The third kappa shape index (κ3) is 3.59. The largest absolute Gasteiger partial charge is 0.352 e. The fraction of sp³-hybridized carbons (Fsp3) is 0.500. The summed E-state index contributed by atoms with van der Waals surface area (Å²) in [6, 6.07) is 6.99. The molecule has 4 nitrogen and oxygen atoms in total. The van der Waals surface area contributed by atoms with E-state index in [1.165, 1.54) is 0 Å². The highest BCUT2D eigenvalue weighted by Crippen LogP contribution is 2.14. The summed E-state index contributed by atoms with van der Waals surface area (Å²) in [5.74, 6) is 0.323. The van der Waals surface area contributed by atoms with Crippen molar-refractivity contribution in [3.8, 4) is 0 Å². The van der Waals surface area contributed by atoms with Crippen LogP contribution in [0.25, 0.3) is 0 Å². The number of amides is 2. The van der Waals surface area contributed by atoms with Crippen LogP contribution in [-0.2, 0) is 0 Å². The Morgan fingerprint density at radius 3 is 2.50 bits per heavy atom. The highest BCUT2D eigenvalue weighted by Gasteiger charge is 2.20. The van der Waals surface area contributed by atoms with Gasteiger partial charge < -0.3 is 10.2 Å². The molecule has 1 aliphatic heterocycles. The Hall–Kier alpha value is -1.84. The van der Waals surface area contributed by atoms with Crippen LogP contribution in [0.3, 0.4) is 0 Å². The van der Waals surface area contributed by atoms with Crippen molar-refractivity contribution < 1.29 is 9.59 Å². The average Bonchev–Trinajstić information content (AvgIpc) is 2.98. The zero-order valence-electron chi connectivity index (χ0n) is 12.2. The minimum absolute atomic E-state index is 0.0287. The summed E-state index contributed by atoms with van der Waals surface area (Å²) in [5, 5.41) is 2.87. The molecule has 1 saturated heterocycles. The van der Waals surface area contributed by atoms with Crippen LogP contribution in [0.2, 0.25) is 0 Å². The number of likely N-dealkylation sites (tertiary alicyclic amines) is 1. The van der Waals surface area contributed by atoms with Crippen LogP contribution in [0.5, 0.6) is 0 Å². The Bertz CT molecular complexity index is 491. The van der Waals surface area contributed by atoms with Crippen molar-refractivity contribution in [3.05, 3.63) is 35.4 Å². The number of carbonyl (C=O) groups is 2. The van der Waals surface area contributed by atoms with Crippen molar-refractivity contribution in [1.82, 2.24) is 10.2 Å². The molecule has 0 radical (unpaired) electrons. The molecule has 0 unspecified atom stereocenters. The number of carbonyl (C=O) groups excluding carboxylic acids is 2. The van der Waals surface area contributed by atoms with Gasteiger partial charge in [0.1, 0.15) is 0 Å². The molecule has 2 amide bonds. The van der Waals surface area contributed by atoms with Crippen LogP contribution in [0.4, 0.5) is 0 Å². The van der Waals surface area contributed by atoms with E-state index in [0.717, 1.165) is 25.9 Å². The van der Waals surface area contributed by atoms with Crippen LogP contribution in [-0.4, -0.2) is 36.3 Å². The Balaban J connectivity index is 2.07. The Labute approximate surface area is 120 Å². The standard InChI is InChI=1S/C16H22N2O2/c1-12(2)11-17-15(19)13-6-5-7-14(10-13)16(20)18-8-3-4-9-18/h5-7,10,12H,3-4,8-9,11H2,1-2H3,(H,17,19). The molecular formula is C16H22N2O2. The van der Waals surface area contributed by atoms with E-state index in [4.69, 9.17) is 0 Å². The Kier molecular flexibility index (Phi) is 4.77. The molecule has 1 aromatic carbocycles. The first-order valence-electron chi connectivity index (χ1n) is 7.25. The molecule has 0 atom stereocenters. The second-order valence-electron chi connectivity index (χ2n) is 5.68. The van der Waals surface area contributed by atoms with Gasteiger partial charge in [-0.25, -0.2) is 0 Å². The molecule has 4 heteroatoms. The summed E-state index contributed by atoms with van der Waals surface area (Å²) in [4.78, 5) is 26.1. The summed E-state index contributed by atoms with van der Waals surface area (Å²) >= 11 is 0. The highest BCUT2D eigenvalue weighted by molar-refractivity contribution is 5.99. The van der Waals surface area contributed by atoms with E-state index in [2.05, 4.69) is 5.32 Å². The Morgan fingerprint density at radius 1 is 1.20 bits per heavy atom. The number of nitrogens with one attached hydrogen (secondary N) is 1. The van der Waals surface area contributed by atoms with Crippen LogP contribution >= 0.6 is 0 Å². The number of hydrogen-bond donors (Lipinski definition) is 1. The topological polar surface area (TPSA) is 49.4 Å². The van der Waals surface area contributed by atoms with Gasteiger partial charge in [-0.2, -0.15) is 0 Å². The minimum atomic E-state index is -0.116. The smallest absolute Gasteiger partial charge is 0.253 e. The zero-order valence-corrected chi connectivity index (χ0v) is 12.2. The predicted octanol–water partition coefficient (Wildman–Crippen LogP) is 2.31. The second-order valence-corrected chi connectivity index (χ2v) is 5.68. The van der Waals surface area contributed by atoms with E-state index in [1.807, 2.05) is 18.7 Å². The quantitative estimate of drug-likeness (QED) is 0.916. The van der Waals surface area contributed by atoms with Crippen LogP contribution < -0.4 is 5.32 Å². The SMILES string of the molecule is CC(C)CNC(=O)c1cccc(C(=O)N2CCCC2)c1. The van der Waals surface area contributed by atoms with E-state index in [1.54, 1.807) is 24.3 Å². The first-order chi connectivity index (χ1) is 9.58. The lowest BCUT2D eigenvalue weighted by Crippen LogP contribution is -2.29. The fourth-order valence-electron chi connectivity index (χ4n) is 2.30. The van der Waals surface area contributed by atoms with Crippen LogP contribution in [0.15, 0.2) is 24.3 Å². The van der Waals surface area contributed by atoms with Crippen molar-refractivity contribution in [2.24, 2.45) is 5.92 Å². The normalized spacial score (nSPS) is 14.7. The molecule has 0 saturated carbocycles. The maximum atomic E-state index is 12.3. The lowest BCUT2D eigenvalue weighted by Gasteiger charge is -2.15. The molecule has 2 rings (SSSR count). The van der Waals surface area contributed by atoms with Crippen LogP contribution in [0, 0.1) is 5.92 Å². The molecule has 0 spiro atoms. The second kappa shape index (κ2) is 6.55. The summed E-state index contributed by atoms with van der Waals surface area (Å²) < 4.78 is 0. The third-order valence-corrected chi connectivity index (χ3v) is 3.44. The lowest BCUT2D eigenvalue weighted by atomic mass is 10.1. The van der Waals surface area contributed by atoms with Gasteiger partial charge >= 0.3 is 0 Å². The van der Waals surface area contributed by atoms with Gasteiger partial charge in [0.15, 0.2) is 0 Å². The van der Waals surface area contributed by atoms with Gasteiger partial charge in [0.05, 0.1) is 0 Å². The van der Waals surface area contributed by atoms with E-state index in [-0.39, 0.29) is 11.8 Å². The fourth-order valence-corrected chi connectivity index (χ4v) is 2.30. The molecule has 1 aliphatic rings. The van der Waals surface area contributed by atoms with Crippen molar-refractivity contribution in [2.75, 3.05) is 19.6 Å². The average molecular weight is 274 g/mol. The van der Waals surface area contributed by atoms with Crippen LogP contribution in [0.1, 0.15) is 47.4 Å². The monoisotopic (exact) mass is 274 g/mol. The molecule has 0 bridgehead atoms. The maximum Gasteiger partial charge on any atom is 0.253 e. The third-order valence-electron chi connectivity index (χ3n) is 3.44. The Morgan fingerprint density at radius 2 is 1.85 bits per heavy atom. The minimum Gasteiger partial charge on any atom is -0.352 e. The van der Waals surface area contributed by atoms with Crippen molar-refractivity contribution in [2.45, 2.75) is 26.7 Å². The molecule has 1 fully saturated rings. The first-order valence-corrected chi connectivity index (χ1v) is 7.25. The summed E-state index contributed by atoms with van der Waals surface area (Å²) in [6.45, 7) is 6.38. The van der Waals surface area contributed by atoms with Gasteiger partial charge in [0, 0.05) is 30.8 Å². The van der Waals surface area contributed by atoms with E-state index < -0.39 is 0 Å². The molecule has 0 aromatic heterocycles. The highest BCUT2D eigenvalue weighted by atomic mass is 16.2. The van der Waals surface area contributed by atoms with Crippen molar-refractivity contribution >= 4 is 11.8 Å². The van der Waals surface area contributed by atoms with E-state index in [9.17, 15) is 9.59 Å². The maximum absolute atomic E-state index is 12.3. The summed E-state index contributed by atoms with van der Waals surface area (Å²) in [7, 11) is 0. The number of rotatable bonds is 4. The zero-order chi connectivity index (χ0) is 14.5. The van der Waals surface area contributed by atoms with Crippen molar-refractivity contribution in [3.63, 3.8) is 0 Å². The summed E-state index contributed by atoms with van der Waals surface area (Å²) in [5.41, 5.74) is 1.15. The van der Waals surface area contributed by atoms with Gasteiger partial charge in [-0.05, 0) is 37.0 Å². The predicted molar refractivity (Wildman–Crippen MR) is 78.8 cm³/mol. The summed E-state index contributed by atoms with van der Waals surface area (Å²) in [6.07, 6.45) is 2.14. The molecule has 1 N–H and O–H groups in total. The van der Waals surface area contributed by atoms with E-state index in [0.29, 0.717) is 23.6 Å². The molecule has 108 valence electrons. The molecule has 1 aromatic rings. The molecule has 0 aliphatic carbocycles. The number of benzene rings is 1. The van der Waals surface area contributed by atoms with E-state index >= 15 is 0 Å². The molecular weight excluding hydrogens is 252 g/mol. The first kappa shape index (κ1) is 14.6. The van der Waals surface area contributed by atoms with Gasteiger partial charge in [0.2, 0.25) is 0 Å². The molecule has 20 heavy (non-hydrogen) atoms.